The smallest absolute Gasteiger partial charge is 0.242 e. The van der Waals surface area contributed by atoms with Crippen LogP contribution >= 0.6 is 23.2 Å². The van der Waals surface area contributed by atoms with E-state index in [4.69, 9.17) is 32.7 Å². The quantitative estimate of drug-likeness (QED) is 0.392. The van der Waals surface area contributed by atoms with E-state index in [1.165, 1.54) is 9.21 Å². The van der Waals surface area contributed by atoms with Crippen molar-refractivity contribution in [3.63, 3.8) is 0 Å². The summed E-state index contributed by atoms with van der Waals surface area (Å²) in [6, 6.07) is 9.34. The van der Waals surface area contributed by atoms with Crippen LogP contribution in [0.4, 0.5) is 5.69 Å². The van der Waals surface area contributed by atoms with Crippen LogP contribution in [0.25, 0.3) is 0 Å². The topological polar surface area (TPSA) is 105 Å². The van der Waals surface area contributed by atoms with Gasteiger partial charge in [-0.1, -0.05) is 42.1 Å². The molecule has 1 aliphatic carbocycles. The van der Waals surface area contributed by atoms with Gasteiger partial charge in [-0.05, 0) is 56.0 Å². The van der Waals surface area contributed by atoms with Gasteiger partial charge in [-0.3, -0.25) is 13.9 Å². The van der Waals surface area contributed by atoms with Gasteiger partial charge in [-0.15, -0.1) is 0 Å². The van der Waals surface area contributed by atoms with Crippen LogP contribution in [0.2, 0.25) is 10.0 Å². The van der Waals surface area contributed by atoms with E-state index >= 15 is 0 Å². The molecule has 2 amide bonds. The molecule has 0 radical (unpaired) electrons. The van der Waals surface area contributed by atoms with Crippen LogP contribution < -0.4 is 19.1 Å². The number of benzene rings is 2. The molecule has 40 heavy (non-hydrogen) atoms. The van der Waals surface area contributed by atoms with Gasteiger partial charge in [0.25, 0.3) is 0 Å². The zero-order chi connectivity index (χ0) is 28.9. The van der Waals surface area contributed by atoms with Crippen LogP contribution in [-0.4, -0.2) is 63.2 Å². The summed E-state index contributed by atoms with van der Waals surface area (Å²) < 4.78 is 37.7. The van der Waals surface area contributed by atoms with E-state index in [1.54, 1.807) is 43.3 Å². The molecule has 2 aromatic rings. The average molecular weight is 613 g/mol. The maximum atomic E-state index is 13.5. The van der Waals surface area contributed by atoms with Gasteiger partial charge in [-0.2, -0.15) is 0 Å². The highest BCUT2D eigenvalue weighted by molar-refractivity contribution is 7.92. The van der Waals surface area contributed by atoms with Crippen molar-refractivity contribution in [1.82, 2.24) is 10.2 Å². The zero-order valence-corrected chi connectivity index (χ0v) is 25.0. The number of sulfonamides is 1. The molecule has 2 aliphatic rings. The number of amides is 2. The van der Waals surface area contributed by atoms with E-state index < -0.39 is 16.1 Å². The third-order valence-corrected chi connectivity index (χ3v) is 8.97. The van der Waals surface area contributed by atoms with E-state index in [-0.39, 0.29) is 43.8 Å². The Kier molecular flexibility index (Phi) is 10.1. The van der Waals surface area contributed by atoms with Gasteiger partial charge in [0, 0.05) is 41.7 Å². The Balaban J connectivity index is 1.47. The molecule has 1 heterocycles. The first-order chi connectivity index (χ1) is 19.0. The predicted molar refractivity (Wildman–Crippen MR) is 156 cm³/mol. The molecule has 0 aromatic heterocycles. The number of hydrogen-bond acceptors (Lipinski definition) is 6. The SMILES string of the molecule is C[C@@H](C(=O)NC1CCCC1)N(Cc1ccc(Cl)cc1Cl)C(=O)CCCN(c1ccc2c(c1)OCCO2)S(C)(=O)=O. The molecule has 9 nitrogen and oxygen atoms in total. The number of nitrogens with one attached hydrogen (secondary N) is 1. The van der Waals surface area contributed by atoms with E-state index in [0.29, 0.717) is 46.0 Å². The third-order valence-electron chi connectivity index (χ3n) is 7.19. The lowest BCUT2D eigenvalue weighted by molar-refractivity contribution is -0.140. The maximum absolute atomic E-state index is 13.5. The number of nitrogens with zero attached hydrogens (tertiary/aromatic N) is 2. The Labute approximate surface area is 245 Å². The van der Waals surface area contributed by atoms with Gasteiger partial charge >= 0.3 is 0 Å². The summed E-state index contributed by atoms with van der Waals surface area (Å²) in [5.74, 6) is 0.525. The largest absolute Gasteiger partial charge is 0.486 e. The second kappa shape index (κ2) is 13.3. The Hall–Kier alpha value is -2.69. The van der Waals surface area contributed by atoms with Gasteiger partial charge in [0.15, 0.2) is 11.5 Å². The fraction of sp³-hybridized carbons (Fsp3) is 0.500. The minimum Gasteiger partial charge on any atom is -0.486 e. The third kappa shape index (κ3) is 7.73. The lowest BCUT2D eigenvalue weighted by atomic mass is 10.1. The molecule has 1 atom stereocenters. The lowest BCUT2D eigenvalue weighted by Crippen LogP contribution is -2.49. The van der Waals surface area contributed by atoms with E-state index in [0.717, 1.165) is 31.9 Å². The van der Waals surface area contributed by atoms with Crippen molar-refractivity contribution in [3.05, 3.63) is 52.0 Å². The van der Waals surface area contributed by atoms with Crippen molar-refractivity contribution >= 4 is 50.7 Å². The van der Waals surface area contributed by atoms with Crippen LogP contribution in [-0.2, 0) is 26.2 Å². The molecule has 0 spiro atoms. The highest BCUT2D eigenvalue weighted by atomic mass is 35.5. The van der Waals surface area contributed by atoms with Crippen LogP contribution in [0.5, 0.6) is 11.5 Å². The zero-order valence-electron chi connectivity index (χ0n) is 22.7. The molecular weight excluding hydrogens is 577 g/mol. The second-order valence-electron chi connectivity index (χ2n) is 10.2. The highest BCUT2D eigenvalue weighted by Crippen LogP contribution is 2.35. The number of carbonyl (C=O) groups is 2. The van der Waals surface area contributed by atoms with Crippen molar-refractivity contribution in [1.29, 1.82) is 0 Å². The second-order valence-corrected chi connectivity index (χ2v) is 12.9. The normalized spacial score (nSPS) is 15.9. The van der Waals surface area contributed by atoms with Crippen molar-refractivity contribution in [3.8, 4) is 11.5 Å². The molecule has 0 unspecified atom stereocenters. The Morgan fingerprint density at radius 3 is 2.42 bits per heavy atom. The number of halogens is 2. The molecule has 2 aromatic carbocycles. The van der Waals surface area contributed by atoms with Gasteiger partial charge in [0.2, 0.25) is 21.8 Å². The average Bonchev–Trinajstić information content (AvgIpc) is 3.42. The summed E-state index contributed by atoms with van der Waals surface area (Å²) >= 11 is 12.5. The lowest BCUT2D eigenvalue weighted by Gasteiger charge is -2.30. The van der Waals surface area contributed by atoms with Gasteiger partial charge in [0.05, 0.1) is 11.9 Å². The highest BCUT2D eigenvalue weighted by Gasteiger charge is 2.29. The summed E-state index contributed by atoms with van der Waals surface area (Å²) in [5, 5.41) is 3.94. The number of hydrogen-bond donors (Lipinski definition) is 1. The maximum Gasteiger partial charge on any atom is 0.242 e. The minimum atomic E-state index is -3.65. The van der Waals surface area contributed by atoms with Crippen molar-refractivity contribution in [2.75, 3.05) is 30.3 Å². The number of anilines is 1. The van der Waals surface area contributed by atoms with Crippen molar-refractivity contribution in [2.45, 2.75) is 64.1 Å². The van der Waals surface area contributed by atoms with Crippen LogP contribution in [0.3, 0.4) is 0 Å². The fourth-order valence-electron chi connectivity index (χ4n) is 5.00. The number of ether oxygens (including phenoxy) is 2. The molecule has 0 bridgehead atoms. The standard InChI is InChI=1S/C28H35Cl2N3O6S/c1-19(28(35)31-22-6-3-4-7-22)32(18-20-9-10-21(29)16-24(20)30)27(34)8-5-13-33(40(2,36)37)23-11-12-25-26(17-23)39-15-14-38-25/h9-12,16-17,19,22H,3-8,13-15,18H2,1-2H3,(H,31,35)/t19-/m0/s1. The van der Waals surface area contributed by atoms with Crippen LogP contribution in [0.1, 0.15) is 51.0 Å². The Morgan fingerprint density at radius 1 is 1.05 bits per heavy atom. The molecule has 218 valence electrons. The molecule has 1 saturated carbocycles. The monoisotopic (exact) mass is 611 g/mol. The van der Waals surface area contributed by atoms with E-state index in [9.17, 15) is 18.0 Å². The molecule has 1 fully saturated rings. The van der Waals surface area contributed by atoms with Gasteiger partial charge < -0.3 is 19.7 Å². The minimum absolute atomic E-state index is 0.0306. The van der Waals surface area contributed by atoms with E-state index in [1.807, 2.05) is 0 Å². The van der Waals surface area contributed by atoms with Crippen LogP contribution in [0.15, 0.2) is 36.4 Å². The predicted octanol–water partition coefficient (Wildman–Crippen LogP) is 4.79. The van der Waals surface area contributed by atoms with Crippen molar-refractivity contribution < 1.29 is 27.5 Å². The first kappa shape index (κ1) is 30.3. The van der Waals surface area contributed by atoms with Crippen LogP contribution in [0, 0.1) is 0 Å². The number of fused-ring (bicyclic) bond motifs is 1. The molecule has 0 saturated heterocycles. The number of rotatable bonds is 11. The summed E-state index contributed by atoms with van der Waals surface area (Å²) in [4.78, 5) is 28.2. The summed E-state index contributed by atoms with van der Waals surface area (Å²) in [6.45, 7) is 2.70. The molecule has 4 rings (SSSR count). The summed E-state index contributed by atoms with van der Waals surface area (Å²) in [7, 11) is -3.65. The molecular formula is C28H35Cl2N3O6S. The first-order valence-corrected chi connectivity index (χ1v) is 16.0. The fourth-order valence-corrected chi connectivity index (χ4v) is 6.42. The number of carbonyl (C=O) groups excluding carboxylic acids is 2. The first-order valence-electron chi connectivity index (χ1n) is 13.4. The summed E-state index contributed by atoms with van der Waals surface area (Å²) in [5.41, 5.74) is 1.09. The summed E-state index contributed by atoms with van der Waals surface area (Å²) in [6.07, 6.45) is 5.39. The van der Waals surface area contributed by atoms with Crippen molar-refractivity contribution in [2.24, 2.45) is 0 Å². The molecule has 12 heteroatoms. The van der Waals surface area contributed by atoms with E-state index in [2.05, 4.69) is 5.32 Å². The molecule has 1 aliphatic heterocycles. The van der Waals surface area contributed by atoms with Gasteiger partial charge in [-0.25, -0.2) is 8.42 Å². The van der Waals surface area contributed by atoms with Gasteiger partial charge in [0.1, 0.15) is 19.3 Å². The molecule has 1 N–H and O–H groups in total. The Morgan fingerprint density at radius 2 is 1.75 bits per heavy atom. The Bertz CT molecular complexity index is 1330.